The smallest absolute Gasteiger partial charge is 0.342 e. The van der Waals surface area contributed by atoms with E-state index in [1.54, 1.807) is 6.92 Å². The van der Waals surface area contributed by atoms with Crippen LogP contribution in [0.1, 0.15) is 30.1 Å². The molecule has 0 amide bonds. The van der Waals surface area contributed by atoms with Crippen molar-refractivity contribution >= 4 is 17.9 Å². The second-order valence-corrected chi connectivity index (χ2v) is 15.6. The molecule has 0 aromatic heterocycles. The van der Waals surface area contributed by atoms with Crippen LogP contribution < -0.4 is 0 Å². The molecule has 1 aromatic carbocycles. The molecule has 3 fully saturated rings. The van der Waals surface area contributed by atoms with Gasteiger partial charge in [0.25, 0.3) is 0 Å². The maximum Gasteiger partial charge on any atom is 0.342 e. The highest BCUT2D eigenvalue weighted by molar-refractivity contribution is 5.93. The molecule has 10 N–H and O–H groups in total. The standard InChI is InChI=1S/C40H52O22/c1-4-16-17(20(34(51)54-3)13-56-37(16)61-39-32(49)30(47)28(45)24(11-41)59-39)8-9-55-35(52)21-14-57-38(62-40-33(50)31(48)29(46)25(12-42)60-40)26-15(2)23(10-19(21)26)58-36(53)18-6-5-7-22(43)27(18)44/h4-7,13-17,19,23-26,28-33,37-50H,1,8-12H2,2-3H3/t15-,16+,17-,19+,23-,24+,25+,26+,28+,29+,30-,31-,32+,33+,37-,38-,39-,40-/m0/s1. The Hall–Kier alpha value is -4.43. The van der Waals surface area contributed by atoms with Gasteiger partial charge in [-0.2, -0.15) is 0 Å². The minimum atomic E-state index is -1.81. The van der Waals surface area contributed by atoms with E-state index in [2.05, 4.69) is 6.58 Å². The second-order valence-electron chi connectivity index (χ2n) is 15.6. The minimum absolute atomic E-state index is 0.00242. The molecule has 1 aliphatic carbocycles. The number of aliphatic hydroxyl groups is 8. The molecule has 1 aromatic rings. The Balaban J connectivity index is 1.19. The molecule has 2 saturated heterocycles. The lowest BCUT2D eigenvalue weighted by Crippen LogP contribution is -2.60. The predicted octanol–water partition coefficient (Wildman–Crippen LogP) is -2.47. The molecule has 0 unspecified atom stereocenters. The molecule has 22 heteroatoms. The van der Waals surface area contributed by atoms with Crippen LogP contribution in [0.2, 0.25) is 0 Å². The van der Waals surface area contributed by atoms with Gasteiger partial charge in [0.2, 0.25) is 12.6 Å². The van der Waals surface area contributed by atoms with Crippen molar-refractivity contribution in [2.75, 3.05) is 26.9 Å². The van der Waals surface area contributed by atoms with Crippen molar-refractivity contribution in [1.29, 1.82) is 0 Å². The highest BCUT2D eigenvalue weighted by Gasteiger charge is 2.55. The number of carbonyl (C=O) groups is 3. The first-order valence-corrected chi connectivity index (χ1v) is 19.8. The van der Waals surface area contributed by atoms with Crippen LogP contribution in [0.4, 0.5) is 0 Å². The summed E-state index contributed by atoms with van der Waals surface area (Å²) in [6.07, 6.45) is -16.5. The van der Waals surface area contributed by atoms with E-state index < -0.39 is 152 Å². The maximum atomic E-state index is 13.9. The molecule has 4 heterocycles. The van der Waals surface area contributed by atoms with Crippen molar-refractivity contribution in [3.63, 3.8) is 0 Å². The van der Waals surface area contributed by atoms with E-state index in [0.29, 0.717) is 0 Å². The lowest BCUT2D eigenvalue weighted by Gasteiger charge is -2.43. The lowest BCUT2D eigenvalue weighted by atomic mass is 9.81. The summed E-state index contributed by atoms with van der Waals surface area (Å²) in [5.74, 6) is -8.08. The van der Waals surface area contributed by atoms with Gasteiger partial charge in [-0.05, 0) is 25.0 Å². The summed E-state index contributed by atoms with van der Waals surface area (Å²) in [6.45, 7) is 3.68. The largest absolute Gasteiger partial charge is 0.504 e. The number of aromatic hydroxyl groups is 2. The van der Waals surface area contributed by atoms with Crippen LogP contribution >= 0.6 is 0 Å². The molecule has 22 nitrogen and oxygen atoms in total. The fraction of sp³-hybridized carbons (Fsp3) is 0.625. The minimum Gasteiger partial charge on any atom is -0.504 e. The molecule has 62 heavy (non-hydrogen) atoms. The van der Waals surface area contributed by atoms with Gasteiger partial charge < -0.3 is 93.7 Å². The number of esters is 3. The Kier molecular flexibility index (Phi) is 15.1. The van der Waals surface area contributed by atoms with Gasteiger partial charge in [0.1, 0.15) is 60.5 Å². The molecular formula is C40H52O22. The van der Waals surface area contributed by atoms with Crippen molar-refractivity contribution in [2.45, 2.75) is 99.9 Å². The topological polar surface area (TPSA) is 337 Å². The molecule has 1 saturated carbocycles. The van der Waals surface area contributed by atoms with E-state index in [1.807, 2.05) is 0 Å². The van der Waals surface area contributed by atoms with Crippen LogP contribution in [-0.2, 0) is 52.2 Å². The van der Waals surface area contributed by atoms with E-state index in [9.17, 15) is 65.4 Å². The third-order valence-corrected chi connectivity index (χ3v) is 12.0. The van der Waals surface area contributed by atoms with Crippen LogP contribution in [0.3, 0.4) is 0 Å². The summed E-state index contributed by atoms with van der Waals surface area (Å²) < 4.78 is 50.7. The van der Waals surface area contributed by atoms with Gasteiger partial charge in [-0.1, -0.05) is 19.1 Å². The third-order valence-electron chi connectivity index (χ3n) is 12.0. The third kappa shape index (κ3) is 9.28. The van der Waals surface area contributed by atoms with Crippen molar-refractivity contribution in [3.8, 4) is 11.5 Å². The first-order valence-electron chi connectivity index (χ1n) is 19.8. The zero-order chi connectivity index (χ0) is 45.2. The van der Waals surface area contributed by atoms with Gasteiger partial charge in [-0.3, -0.25) is 0 Å². The van der Waals surface area contributed by atoms with Crippen molar-refractivity contribution in [2.24, 2.45) is 29.6 Å². The van der Waals surface area contributed by atoms with E-state index in [1.165, 1.54) is 24.3 Å². The van der Waals surface area contributed by atoms with Gasteiger partial charge in [0.05, 0.1) is 50.6 Å². The van der Waals surface area contributed by atoms with Crippen LogP contribution in [0.25, 0.3) is 0 Å². The summed E-state index contributed by atoms with van der Waals surface area (Å²) in [6, 6.07) is 3.73. The van der Waals surface area contributed by atoms with Gasteiger partial charge >= 0.3 is 17.9 Å². The average molecular weight is 885 g/mol. The number of ether oxygens (including phenoxy) is 9. The number of hydrogen-bond donors (Lipinski definition) is 10. The number of aliphatic hydroxyl groups excluding tert-OH is 8. The zero-order valence-corrected chi connectivity index (χ0v) is 33.5. The van der Waals surface area contributed by atoms with E-state index in [4.69, 9.17) is 42.6 Å². The Morgan fingerprint density at radius 2 is 1.35 bits per heavy atom. The quantitative estimate of drug-likeness (QED) is 0.0401. The maximum absolute atomic E-state index is 13.9. The first kappa shape index (κ1) is 47.1. The number of methoxy groups -OCH3 is 1. The summed E-state index contributed by atoms with van der Waals surface area (Å²) >= 11 is 0. The Bertz CT molecular complexity index is 1830. The van der Waals surface area contributed by atoms with Crippen LogP contribution in [0, 0.1) is 29.6 Å². The summed E-state index contributed by atoms with van der Waals surface area (Å²) in [5, 5.41) is 102. The van der Waals surface area contributed by atoms with Crippen LogP contribution in [0.5, 0.6) is 11.5 Å². The van der Waals surface area contributed by atoms with Gasteiger partial charge in [-0.25, -0.2) is 14.4 Å². The number of phenolic OH excluding ortho intramolecular Hbond substituents is 2. The van der Waals surface area contributed by atoms with E-state index >= 15 is 0 Å². The van der Waals surface area contributed by atoms with Gasteiger partial charge in [0, 0.05) is 29.6 Å². The summed E-state index contributed by atoms with van der Waals surface area (Å²) in [4.78, 5) is 40.1. The molecule has 18 atom stereocenters. The van der Waals surface area contributed by atoms with Crippen molar-refractivity contribution in [3.05, 3.63) is 60.1 Å². The molecular weight excluding hydrogens is 832 g/mol. The highest BCUT2D eigenvalue weighted by Crippen LogP contribution is 2.49. The normalized spacial score (nSPS) is 39.2. The lowest BCUT2D eigenvalue weighted by molar-refractivity contribution is -0.342. The number of phenols is 2. The molecule has 6 rings (SSSR count). The van der Waals surface area contributed by atoms with Crippen LogP contribution in [-0.4, -0.2) is 176 Å². The molecule has 5 aliphatic rings. The number of hydrogen-bond acceptors (Lipinski definition) is 22. The number of fused-ring (bicyclic) bond motifs is 1. The highest BCUT2D eigenvalue weighted by atomic mass is 16.8. The molecule has 0 bridgehead atoms. The number of rotatable bonds is 14. The van der Waals surface area contributed by atoms with Gasteiger partial charge in [0.15, 0.2) is 24.1 Å². The fourth-order valence-corrected chi connectivity index (χ4v) is 8.47. The Morgan fingerprint density at radius 3 is 1.94 bits per heavy atom. The molecule has 4 aliphatic heterocycles. The average Bonchev–Trinajstić information content (AvgIpc) is 3.59. The number of para-hydroxylation sites is 1. The predicted molar refractivity (Wildman–Crippen MR) is 200 cm³/mol. The SMILES string of the molecule is C=C[C@H]1[C@H](O[C@@H]2O[C@H](CO)[C@@H](O)[C@H](O)[C@H]2O)OC=C(C(=O)OC)[C@H]1CCOC(=O)C1=CO[C@@H](O[C@@H]2O[C@H](CO)[C@@H](O)[C@H](O)[C@H]2O)[C@@H]2[C@@H](C)[C@@H](OC(=O)c3cccc(O)c3O)C[C@H]12. The van der Waals surface area contributed by atoms with Crippen LogP contribution in [0.15, 0.2) is 54.5 Å². The Morgan fingerprint density at radius 1 is 0.774 bits per heavy atom. The summed E-state index contributed by atoms with van der Waals surface area (Å²) in [7, 11) is 1.14. The molecule has 0 radical (unpaired) electrons. The monoisotopic (exact) mass is 884 g/mol. The Labute approximate surface area is 353 Å². The van der Waals surface area contributed by atoms with Crippen molar-refractivity contribution < 1.29 is 108 Å². The van der Waals surface area contributed by atoms with E-state index in [0.717, 1.165) is 19.6 Å². The summed E-state index contributed by atoms with van der Waals surface area (Å²) in [5.41, 5.74) is -0.364. The number of benzene rings is 1. The molecule has 0 spiro atoms. The van der Waals surface area contributed by atoms with Gasteiger partial charge in [-0.15, -0.1) is 6.58 Å². The molecule has 344 valence electrons. The zero-order valence-electron chi connectivity index (χ0n) is 33.5. The van der Waals surface area contributed by atoms with E-state index in [-0.39, 0.29) is 36.2 Å². The fourth-order valence-electron chi connectivity index (χ4n) is 8.47. The first-order chi connectivity index (χ1) is 29.6. The van der Waals surface area contributed by atoms with Crippen molar-refractivity contribution in [1.82, 2.24) is 0 Å². The second kappa shape index (κ2) is 20.0. The number of carbonyl (C=O) groups excluding carboxylic acids is 3.